The van der Waals surface area contributed by atoms with Crippen molar-refractivity contribution in [1.82, 2.24) is 0 Å². The number of aromatic hydroxyl groups is 1. The Labute approximate surface area is 120 Å². The van der Waals surface area contributed by atoms with Gasteiger partial charge in [0.2, 0.25) is 0 Å². The number of halogens is 6. The van der Waals surface area contributed by atoms with E-state index in [1.807, 2.05) is 0 Å². The van der Waals surface area contributed by atoms with Gasteiger partial charge in [-0.25, -0.2) is 0 Å². The second-order valence-electron chi connectivity index (χ2n) is 4.31. The van der Waals surface area contributed by atoms with Crippen LogP contribution in [0.4, 0.5) is 26.3 Å². The molecule has 0 fully saturated rings. The van der Waals surface area contributed by atoms with E-state index in [0.717, 1.165) is 18.2 Å². The highest BCUT2D eigenvalue weighted by atomic mass is 19.4. The molecule has 0 aliphatic heterocycles. The Kier molecular flexibility index (Phi) is 3.95. The fraction of sp³-hybridized carbons (Fsp3) is 0.143. The predicted octanol–water partition coefficient (Wildman–Crippen LogP) is 4.98. The fourth-order valence-electron chi connectivity index (χ4n) is 1.85. The summed E-state index contributed by atoms with van der Waals surface area (Å²) in [7, 11) is 0. The molecule has 22 heavy (non-hydrogen) atoms. The van der Waals surface area contributed by atoms with Crippen LogP contribution >= 0.6 is 0 Å². The van der Waals surface area contributed by atoms with E-state index in [9.17, 15) is 31.4 Å². The maximum atomic E-state index is 12.7. The first-order chi connectivity index (χ1) is 10.1. The van der Waals surface area contributed by atoms with Crippen molar-refractivity contribution in [2.45, 2.75) is 12.5 Å². The number of phenolic OH excluding ortho intramolecular Hbond substituents is 1. The van der Waals surface area contributed by atoms with Crippen molar-refractivity contribution in [3.05, 3.63) is 48.0 Å². The summed E-state index contributed by atoms with van der Waals surface area (Å²) in [5.74, 6) is -1.37. The third-order valence-corrected chi connectivity index (χ3v) is 2.67. The second kappa shape index (κ2) is 5.43. The molecule has 0 aliphatic carbocycles. The Morgan fingerprint density at radius 1 is 0.864 bits per heavy atom. The highest BCUT2D eigenvalue weighted by molar-refractivity contribution is 5.72. The quantitative estimate of drug-likeness (QED) is 0.791. The molecule has 1 N–H and O–H groups in total. The van der Waals surface area contributed by atoms with E-state index in [1.165, 1.54) is 12.1 Å². The second-order valence-corrected chi connectivity index (χ2v) is 4.31. The molecule has 2 nitrogen and oxygen atoms in total. The molecule has 2 rings (SSSR count). The van der Waals surface area contributed by atoms with Gasteiger partial charge in [0.1, 0.15) is 11.5 Å². The van der Waals surface area contributed by atoms with Crippen LogP contribution in [0.1, 0.15) is 5.56 Å². The monoisotopic (exact) mass is 322 g/mol. The lowest BCUT2D eigenvalue weighted by Gasteiger charge is -2.15. The van der Waals surface area contributed by atoms with Gasteiger partial charge in [-0.15, -0.1) is 13.2 Å². The number of benzene rings is 2. The minimum atomic E-state index is -4.99. The fourth-order valence-corrected chi connectivity index (χ4v) is 1.85. The van der Waals surface area contributed by atoms with E-state index in [0.29, 0.717) is 12.1 Å². The van der Waals surface area contributed by atoms with Crippen LogP contribution in [-0.2, 0) is 6.18 Å². The summed E-state index contributed by atoms with van der Waals surface area (Å²) < 4.78 is 78.9. The predicted molar refractivity (Wildman–Crippen MR) is 65.2 cm³/mol. The molecule has 0 bridgehead atoms. The van der Waals surface area contributed by atoms with Crippen molar-refractivity contribution in [3.8, 4) is 22.6 Å². The first kappa shape index (κ1) is 16.0. The van der Waals surface area contributed by atoms with Gasteiger partial charge < -0.3 is 9.84 Å². The SMILES string of the molecule is Oc1cc(-c2ccccc2OC(F)(F)F)cc(C(F)(F)F)c1. The van der Waals surface area contributed by atoms with Crippen molar-refractivity contribution in [3.63, 3.8) is 0 Å². The third kappa shape index (κ3) is 3.84. The standard InChI is InChI=1S/C14H8F6O2/c15-13(16,17)9-5-8(6-10(21)7-9)11-3-1-2-4-12(11)22-14(18,19)20/h1-7,21H. The summed E-state index contributed by atoms with van der Waals surface area (Å²) in [6.45, 7) is 0. The van der Waals surface area contributed by atoms with E-state index in [1.54, 1.807) is 0 Å². The van der Waals surface area contributed by atoms with Crippen molar-refractivity contribution in [1.29, 1.82) is 0 Å². The van der Waals surface area contributed by atoms with Gasteiger partial charge in [-0.1, -0.05) is 18.2 Å². The molecule has 0 unspecified atom stereocenters. The van der Waals surface area contributed by atoms with Gasteiger partial charge in [0.05, 0.1) is 5.56 Å². The van der Waals surface area contributed by atoms with Crippen molar-refractivity contribution < 1.29 is 36.2 Å². The van der Waals surface area contributed by atoms with Crippen LogP contribution in [0.2, 0.25) is 0 Å². The van der Waals surface area contributed by atoms with Crippen molar-refractivity contribution >= 4 is 0 Å². The van der Waals surface area contributed by atoms with E-state index in [2.05, 4.69) is 4.74 Å². The van der Waals surface area contributed by atoms with Gasteiger partial charge >= 0.3 is 12.5 Å². The molecule has 0 amide bonds. The molecule has 118 valence electrons. The maximum Gasteiger partial charge on any atom is 0.573 e. The summed E-state index contributed by atoms with van der Waals surface area (Å²) in [6, 6.07) is 6.77. The average molecular weight is 322 g/mol. The zero-order valence-corrected chi connectivity index (χ0v) is 10.7. The molecular formula is C14H8F6O2. The Morgan fingerprint density at radius 3 is 2.09 bits per heavy atom. The van der Waals surface area contributed by atoms with Crippen LogP contribution in [0.3, 0.4) is 0 Å². The minimum Gasteiger partial charge on any atom is -0.508 e. The van der Waals surface area contributed by atoms with Crippen LogP contribution in [-0.4, -0.2) is 11.5 Å². The van der Waals surface area contributed by atoms with Crippen LogP contribution < -0.4 is 4.74 Å². The highest BCUT2D eigenvalue weighted by Crippen LogP contribution is 2.39. The van der Waals surface area contributed by atoms with Crippen LogP contribution in [0, 0.1) is 0 Å². The number of rotatable bonds is 2. The Hall–Kier alpha value is -2.38. The molecule has 0 heterocycles. The van der Waals surface area contributed by atoms with Gasteiger partial charge in [-0.3, -0.25) is 0 Å². The number of ether oxygens (including phenoxy) is 1. The average Bonchev–Trinajstić information content (AvgIpc) is 2.35. The third-order valence-electron chi connectivity index (χ3n) is 2.67. The normalized spacial score (nSPS) is 12.3. The Morgan fingerprint density at radius 2 is 1.50 bits per heavy atom. The Bertz CT molecular complexity index is 676. The van der Waals surface area contributed by atoms with Crippen molar-refractivity contribution in [2.75, 3.05) is 0 Å². The molecule has 0 spiro atoms. The van der Waals surface area contributed by atoms with Crippen LogP contribution in [0.5, 0.6) is 11.5 Å². The molecule has 2 aromatic rings. The molecule has 0 aliphatic rings. The molecule has 0 radical (unpaired) electrons. The number of alkyl halides is 6. The maximum absolute atomic E-state index is 12.7. The van der Waals surface area contributed by atoms with Gasteiger partial charge in [-0.2, -0.15) is 13.2 Å². The van der Waals surface area contributed by atoms with Gasteiger partial charge in [0.15, 0.2) is 0 Å². The number of phenols is 1. The smallest absolute Gasteiger partial charge is 0.508 e. The summed E-state index contributed by atoms with van der Waals surface area (Å²) in [6.07, 6.45) is -9.73. The van der Waals surface area contributed by atoms with Gasteiger partial charge in [0, 0.05) is 5.56 Å². The molecular weight excluding hydrogens is 314 g/mol. The molecule has 0 saturated carbocycles. The lowest BCUT2D eigenvalue weighted by atomic mass is 10.0. The lowest BCUT2D eigenvalue weighted by molar-refractivity contribution is -0.274. The van der Waals surface area contributed by atoms with E-state index < -0.39 is 29.6 Å². The molecule has 8 heteroatoms. The number of para-hydroxylation sites is 1. The summed E-state index contributed by atoms with van der Waals surface area (Å²) in [5, 5.41) is 9.38. The summed E-state index contributed by atoms with van der Waals surface area (Å²) in [5.41, 5.74) is -1.64. The van der Waals surface area contributed by atoms with E-state index in [-0.39, 0.29) is 11.1 Å². The van der Waals surface area contributed by atoms with Gasteiger partial charge in [0.25, 0.3) is 0 Å². The van der Waals surface area contributed by atoms with Gasteiger partial charge in [-0.05, 0) is 29.8 Å². The summed E-state index contributed by atoms with van der Waals surface area (Å²) >= 11 is 0. The van der Waals surface area contributed by atoms with Crippen molar-refractivity contribution in [2.24, 2.45) is 0 Å². The number of hydrogen-bond acceptors (Lipinski definition) is 2. The largest absolute Gasteiger partial charge is 0.573 e. The zero-order chi connectivity index (χ0) is 16.5. The summed E-state index contributed by atoms with van der Waals surface area (Å²) in [4.78, 5) is 0. The van der Waals surface area contributed by atoms with E-state index in [4.69, 9.17) is 0 Å². The first-order valence-electron chi connectivity index (χ1n) is 5.83. The van der Waals surface area contributed by atoms with Crippen LogP contribution in [0.15, 0.2) is 42.5 Å². The Balaban J connectivity index is 2.55. The highest BCUT2D eigenvalue weighted by Gasteiger charge is 2.33. The molecule has 0 aromatic heterocycles. The molecule has 0 saturated heterocycles. The first-order valence-corrected chi connectivity index (χ1v) is 5.83. The van der Waals surface area contributed by atoms with Crippen LogP contribution in [0.25, 0.3) is 11.1 Å². The molecule has 2 aromatic carbocycles. The molecule has 0 atom stereocenters. The lowest BCUT2D eigenvalue weighted by Crippen LogP contribution is -2.17. The topological polar surface area (TPSA) is 29.5 Å². The van der Waals surface area contributed by atoms with E-state index >= 15 is 0 Å². The minimum absolute atomic E-state index is 0.221. The zero-order valence-electron chi connectivity index (χ0n) is 10.7. The number of hydrogen-bond donors (Lipinski definition) is 1.